The topological polar surface area (TPSA) is 226 Å². The number of nitrogens with two attached hydrogens (primary N) is 2. The number of fused-ring (bicyclic) bond motifs is 2. The number of thioether (sulfide) groups is 2. The summed E-state index contributed by atoms with van der Waals surface area (Å²) in [5, 5.41) is 13.3. The van der Waals surface area contributed by atoms with Crippen molar-refractivity contribution in [2.75, 3.05) is 141 Å². The summed E-state index contributed by atoms with van der Waals surface area (Å²) in [7, 11) is 0. The Morgan fingerprint density at radius 1 is 0.513 bits per heavy atom. The second-order valence-electron chi connectivity index (χ2n) is 17.3. The highest BCUT2D eigenvalue weighted by molar-refractivity contribution is 8.00. The van der Waals surface area contributed by atoms with Crippen molar-refractivity contribution in [2.45, 2.75) is 106 Å². The standard InChI is InChI=1S/C51H80N6O11S2.3C2H6/c1-40(52)56-57-50(53)44-13-15-47(16-14-44)55-48(58)17-19-61-21-23-63-25-27-65-29-31-67-33-34-68-32-30-66-28-26-64-24-22-62-20-18-54-51(60)45-11-9-43(10-12-45)49(59)46-38-69-36-41-7-5-3-2-4-6-8-42(35-41)37-70-39-46;3*1-2/h9-16,41-42,46H,2-8,17-39H2,1H3,(H2,52,56)(H2,53,57)(H,54,60)(H,55,58);3*1-2H3. The normalized spacial score (nSPS) is 17.3. The maximum absolute atomic E-state index is 13.6. The number of amides is 2. The SMILES string of the molecule is C/C(N)=N/N=C(\N)c1ccc(NC(=O)CCOCCOCCOCCOCCOCCOCCOCCOCCNC(=O)c2ccc(C(=O)C3CSCC4CCCCCCCC(CSC3)C4)cc2)cc1.CC.CC.CC. The van der Waals surface area contributed by atoms with Crippen molar-refractivity contribution in [3.63, 3.8) is 0 Å². The summed E-state index contributed by atoms with van der Waals surface area (Å²) in [6, 6.07) is 14.0. The summed E-state index contributed by atoms with van der Waals surface area (Å²) >= 11 is 3.94. The van der Waals surface area contributed by atoms with Crippen molar-refractivity contribution in [2.24, 2.45) is 39.4 Å². The first-order valence-corrected chi connectivity index (χ1v) is 30.3. The number of hydrogen-bond donors (Lipinski definition) is 4. The fraction of sp³-hybridized carbons (Fsp3) is 0.702. The lowest BCUT2D eigenvalue weighted by Crippen LogP contribution is -2.28. The molecule has 17 nitrogen and oxygen atoms in total. The number of carbonyl (C=O) groups is 3. The van der Waals surface area contributed by atoms with E-state index < -0.39 is 0 Å². The maximum Gasteiger partial charge on any atom is 0.251 e. The molecule has 2 aromatic carbocycles. The average Bonchev–Trinajstić information content (AvgIpc) is 3.45. The van der Waals surface area contributed by atoms with Crippen LogP contribution in [0.1, 0.15) is 133 Å². The van der Waals surface area contributed by atoms with Crippen LogP contribution in [-0.2, 0) is 42.7 Å². The van der Waals surface area contributed by atoms with E-state index in [1.54, 1.807) is 55.5 Å². The number of benzene rings is 2. The molecule has 2 bridgehead atoms. The molecule has 1 heterocycles. The van der Waals surface area contributed by atoms with Gasteiger partial charge in [0, 0.05) is 46.3 Å². The first-order valence-electron chi connectivity index (χ1n) is 28.0. The Balaban J connectivity index is 0.00000464. The van der Waals surface area contributed by atoms with Gasteiger partial charge in [0.15, 0.2) is 11.6 Å². The molecule has 1 aliphatic heterocycles. The maximum atomic E-state index is 13.6. The van der Waals surface area contributed by atoms with Crippen LogP contribution in [0.15, 0.2) is 58.7 Å². The smallest absolute Gasteiger partial charge is 0.251 e. The highest BCUT2D eigenvalue weighted by Crippen LogP contribution is 2.33. The summed E-state index contributed by atoms with van der Waals surface area (Å²) in [6.07, 6.45) is 11.0. The Morgan fingerprint density at radius 3 is 1.36 bits per heavy atom. The van der Waals surface area contributed by atoms with Gasteiger partial charge in [-0.3, -0.25) is 14.4 Å². The van der Waals surface area contributed by atoms with E-state index in [2.05, 4.69) is 20.8 Å². The molecule has 1 saturated heterocycles. The quantitative estimate of drug-likeness (QED) is 0.0172. The van der Waals surface area contributed by atoms with Crippen LogP contribution < -0.4 is 22.1 Å². The molecule has 0 aromatic heterocycles. The van der Waals surface area contributed by atoms with Gasteiger partial charge in [0.2, 0.25) is 5.91 Å². The van der Waals surface area contributed by atoms with Crippen molar-refractivity contribution < 1.29 is 52.3 Å². The Labute approximate surface area is 465 Å². The molecule has 2 atom stereocenters. The molecule has 4 rings (SSSR count). The largest absolute Gasteiger partial charge is 0.386 e. The van der Waals surface area contributed by atoms with Crippen molar-refractivity contribution in [3.05, 3.63) is 65.2 Å². The van der Waals surface area contributed by atoms with Gasteiger partial charge < -0.3 is 60.0 Å². The fourth-order valence-electron chi connectivity index (χ4n) is 7.66. The number of ketones is 1. The van der Waals surface area contributed by atoms with Crippen LogP contribution in [0, 0.1) is 17.8 Å². The Kier molecular flexibility index (Phi) is 46.0. The van der Waals surface area contributed by atoms with Gasteiger partial charge in [-0.05, 0) is 85.9 Å². The second kappa shape index (κ2) is 49.6. The number of carbonyl (C=O) groups excluding carboxylic acids is 3. The van der Waals surface area contributed by atoms with Gasteiger partial charge in [-0.2, -0.15) is 23.5 Å². The molecule has 0 spiro atoms. The van der Waals surface area contributed by atoms with Gasteiger partial charge in [-0.1, -0.05) is 85.8 Å². The monoisotopic (exact) mass is 1110 g/mol. The van der Waals surface area contributed by atoms with E-state index in [4.69, 9.17) is 49.4 Å². The summed E-state index contributed by atoms with van der Waals surface area (Å²) < 4.78 is 44.3. The molecule has 2 fully saturated rings. The van der Waals surface area contributed by atoms with Crippen LogP contribution in [0.4, 0.5) is 5.69 Å². The van der Waals surface area contributed by atoms with Crippen LogP contribution in [0.2, 0.25) is 0 Å². The zero-order chi connectivity index (χ0) is 55.7. The van der Waals surface area contributed by atoms with E-state index in [1.165, 1.54) is 62.9 Å². The van der Waals surface area contributed by atoms with Crippen molar-refractivity contribution in [3.8, 4) is 0 Å². The minimum Gasteiger partial charge on any atom is -0.386 e. The lowest BCUT2D eigenvalue weighted by Gasteiger charge is -2.27. The second-order valence-corrected chi connectivity index (χ2v) is 19.4. The lowest BCUT2D eigenvalue weighted by atomic mass is 9.87. The molecular formula is C57H98N6O11S2. The molecule has 2 aromatic rings. The number of ether oxygens (including phenoxy) is 8. The highest BCUT2D eigenvalue weighted by Gasteiger charge is 2.25. The molecule has 0 radical (unpaired) electrons. The Morgan fingerprint density at radius 2 is 0.908 bits per heavy atom. The van der Waals surface area contributed by atoms with Crippen molar-refractivity contribution in [1.29, 1.82) is 0 Å². The predicted octanol–water partition coefficient (Wildman–Crippen LogP) is 9.30. The molecule has 76 heavy (non-hydrogen) atoms. The van der Waals surface area contributed by atoms with Crippen molar-refractivity contribution >= 4 is 58.5 Å². The minimum absolute atomic E-state index is 0.00295. The number of Topliss-reactive ketones (excluding diaryl/α,β-unsaturated/α-hetero) is 1. The van der Waals surface area contributed by atoms with Gasteiger partial charge in [0.1, 0.15) is 5.84 Å². The Bertz CT molecular complexity index is 1770. The highest BCUT2D eigenvalue weighted by atomic mass is 32.2. The fourth-order valence-corrected chi connectivity index (χ4v) is 10.5. The van der Waals surface area contributed by atoms with Gasteiger partial charge in [-0.15, -0.1) is 10.2 Å². The first-order chi connectivity index (χ1) is 37.3. The van der Waals surface area contributed by atoms with E-state index in [-0.39, 0.29) is 42.4 Å². The van der Waals surface area contributed by atoms with Crippen molar-refractivity contribution in [1.82, 2.24) is 5.32 Å². The molecule has 2 unspecified atom stereocenters. The number of amidine groups is 2. The van der Waals surface area contributed by atoms with E-state index in [9.17, 15) is 14.4 Å². The molecule has 1 saturated carbocycles. The van der Waals surface area contributed by atoms with Crippen LogP contribution in [0.3, 0.4) is 0 Å². The third-order valence-corrected chi connectivity index (χ3v) is 14.1. The summed E-state index contributed by atoms with van der Waals surface area (Å²) in [4.78, 5) is 38.5. The average molecular weight is 1110 g/mol. The molecule has 19 heteroatoms. The molecule has 6 N–H and O–H groups in total. The summed E-state index contributed by atoms with van der Waals surface area (Å²) in [5.74, 6) is 6.00. The summed E-state index contributed by atoms with van der Waals surface area (Å²) in [6.45, 7) is 20.7. The van der Waals surface area contributed by atoms with Crippen LogP contribution in [0.5, 0.6) is 0 Å². The van der Waals surface area contributed by atoms with Crippen LogP contribution in [0.25, 0.3) is 0 Å². The minimum atomic E-state index is -0.185. The van der Waals surface area contributed by atoms with Crippen LogP contribution >= 0.6 is 23.5 Å². The van der Waals surface area contributed by atoms with Gasteiger partial charge >= 0.3 is 0 Å². The number of nitrogens with zero attached hydrogens (tertiary/aromatic N) is 2. The van der Waals surface area contributed by atoms with E-state index in [0.717, 1.165) is 23.3 Å². The first kappa shape index (κ1) is 70.4. The third kappa shape index (κ3) is 35.7. The zero-order valence-corrected chi connectivity index (χ0v) is 49.1. The number of hydrogen-bond acceptors (Lipinski definition) is 15. The molecular weight excluding hydrogens is 1010 g/mol. The molecule has 2 amide bonds. The molecule has 2 aliphatic rings. The van der Waals surface area contributed by atoms with Gasteiger partial charge in [0.05, 0.1) is 112 Å². The zero-order valence-electron chi connectivity index (χ0n) is 47.4. The van der Waals surface area contributed by atoms with E-state index in [1.807, 2.05) is 65.1 Å². The lowest BCUT2D eigenvalue weighted by molar-refractivity contribution is -0.117. The van der Waals surface area contributed by atoms with Gasteiger partial charge in [-0.25, -0.2) is 0 Å². The Hall–Kier alpha value is -3.63. The van der Waals surface area contributed by atoms with Gasteiger partial charge in [0.25, 0.3) is 5.91 Å². The van der Waals surface area contributed by atoms with E-state index >= 15 is 0 Å². The number of nitrogens with one attached hydrogen (secondary N) is 2. The van der Waals surface area contributed by atoms with Crippen LogP contribution in [-0.4, -0.2) is 165 Å². The third-order valence-electron chi connectivity index (χ3n) is 11.4. The number of rotatable bonds is 33. The predicted molar refractivity (Wildman–Crippen MR) is 313 cm³/mol. The number of anilines is 1. The van der Waals surface area contributed by atoms with E-state index in [0.29, 0.717) is 134 Å². The molecule has 1 aliphatic carbocycles. The molecule has 434 valence electrons. The summed E-state index contributed by atoms with van der Waals surface area (Å²) in [5.41, 5.74) is 13.9.